The van der Waals surface area contributed by atoms with Gasteiger partial charge in [-0.1, -0.05) is 17.7 Å². The zero-order chi connectivity index (χ0) is 24.2. The number of hydrogen-bond donors (Lipinski definition) is 1. The second-order valence-corrected chi connectivity index (χ2v) is 9.00. The van der Waals surface area contributed by atoms with Crippen molar-refractivity contribution < 1.29 is 22.7 Å². The SMILES string of the molecule is O=c1c2c(c(-c3ccc(Cl)c(F)c3)nn1-c1cc(N3CCC(O)C3)ccc1C(F)(F)F)CCC2. The van der Waals surface area contributed by atoms with Crippen LogP contribution in [0.2, 0.25) is 5.02 Å². The molecule has 0 spiro atoms. The molecule has 1 N–H and O–H groups in total. The molecule has 5 nitrogen and oxygen atoms in total. The highest BCUT2D eigenvalue weighted by Gasteiger charge is 2.36. The monoisotopic (exact) mass is 493 g/mol. The Morgan fingerprint density at radius 2 is 1.85 bits per heavy atom. The molecule has 0 bridgehead atoms. The molecule has 1 aliphatic heterocycles. The highest BCUT2D eigenvalue weighted by atomic mass is 35.5. The molecule has 2 aliphatic rings. The maximum absolute atomic E-state index is 14.2. The third-order valence-corrected chi connectivity index (χ3v) is 6.70. The lowest BCUT2D eigenvalue weighted by molar-refractivity contribution is -0.137. The van der Waals surface area contributed by atoms with Crippen LogP contribution in [-0.4, -0.2) is 34.1 Å². The lowest BCUT2D eigenvalue weighted by Gasteiger charge is -2.22. The van der Waals surface area contributed by atoms with Crippen LogP contribution in [-0.2, 0) is 19.0 Å². The van der Waals surface area contributed by atoms with E-state index in [9.17, 15) is 27.5 Å². The zero-order valence-electron chi connectivity index (χ0n) is 17.9. The lowest BCUT2D eigenvalue weighted by atomic mass is 10.0. The first kappa shape index (κ1) is 22.9. The van der Waals surface area contributed by atoms with Crippen LogP contribution in [0.5, 0.6) is 0 Å². The predicted octanol–water partition coefficient (Wildman–Crippen LogP) is 4.77. The molecule has 34 heavy (non-hydrogen) atoms. The van der Waals surface area contributed by atoms with E-state index in [0.29, 0.717) is 54.6 Å². The number of β-amino-alcohol motifs (C(OH)–C–C–N with tert-alkyl or cyclic N) is 1. The molecule has 0 saturated carbocycles. The van der Waals surface area contributed by atoms with Crippen LogP contribution in [0.25, 0.3) is 16.9 Å². The average molecular weight is 494 g/mol. The molecule has 0 radical (unpaired) electrons. The number of aromatic nitrogens is 2. The highest BCUT2D eigenvalue weighted by Crippen LogP contribution is 2.37. The van der Waals surface area contributed by atoms with Crippen LogP contribution < -0.4 is 10.5 Å². The summed E-state index contributed by atoms with van der Waals surface area (Å²) in [4.78, 5) is 15.1. The van der Waals surface area contributed by atoms with Gasteiger partial charge in [0.15, 0.2) is 0 Å². The third-order valence-electron chi connectivity index (χ3n) is 6.39. The Bertz CT molecular complexity index is 1340. The van der Waals surface area contributed by atoms with Gasteiger partial charge in [-0.2, -0.15) is 23.0 Å². The fourth-order valence-corrected chi connectivity index (χ4v) is 4.84. The maximum atomic E-state index is 14.2. The number of benzene rings is 2. The Morgan fingerprint density at radius 3 is 2.53 bits per heavy atom. The Morgan fingerprint density at radius 1 is 1.09 bits per heavy atom. The molecule has 1 aromatic heterocycles. The van der Waals surface area contributed by atoms with E-state index >= 15 is 0 Å². The predicted molar refractivity (Wildman–Crippen MR) is 120 cm³/mol. The van der Waals surface area contributed by atoms with Crippen molar-refractivity contribution in [3.63, 3.8) is 0 Å². The number of fused-ring (bicyclic) bond motifs is 1. The normalized spacial score (nSPS) is 17.9. The van der Waals surface area contributed by atoms with Crippen LogP contribution in [0.15, 0.2) is 41.2 Å². The summed E-state index contributed by atoms with van der Waals surface area (Å²) in [5.74, 6) is -0.684. The van der Waals surface area contributed by atoms with Crippen molar-refractivity contribution in [1.82, 2.24) is 9.78 Å². The van der Waals surface area contributed by atoms with Gasteiger partial charge in [0.25, 0.3) is 5.56 Å². The summed E-state index contributed by atoms with van der Waals surface area (Å²) in [7, 11) is 0. The summed E-state index contributed by atoms with van der Waals surface area (Å²) < 4.78 is 56.9. The van der Waals surface area contributed by atoms with Gasteiger partial charge in [0.2, 0.25) is 0 Å². The van der Waals surface area contributed by atoms with Crippen molar-refractivity contribution in [3.8, 4) is 16.9 Å². The number of hydrogen-bond acceptors (Lipinski definition) is 4. The van der Waals surface area contributed by atoms with E-state index in [2.05, 4.69) is 5.10 Å². The van der Waals surface area contributed by atoms with Gasteiger partial charge in [0, 0.05) is 29.9 Å². The molecule has 2 heterocycles. The molecule has 1 saturated heterocycles. The number of rotatable bonds is 3. The number of halogens is 5. The molecule has 10 heteroatoms. The van der Waals surface area contributed by atoms with Crippen molar-refractivity contribution in [2.75, 3.05) is 18.0 Å². The third kappa shape index (κ3) is 3.96. The van der Waals surface area contributed by atoms with Crippen LogP contribution in [0.3, 0.4) is 0 Å². The minimum absolute atomic E-state index is 0.0893. The van der Waals surface area contributed by atoms with Gasteiger partial charge in [-0.05, 0) is 61.6 Å². The Kier molecular flexibility index (Phi) is 5.64. The van der Waals surface area contributed by atoms with E-state index in [1.807, 2.05) is 0 Å². The fraction of sp³-hybridized carbons (Fsp3) is 0.333. The number of alkyl halides is 3. The van der Waals surface area contributed by atoms with Crippen molar-refractivity contribution in [1.29, 1.82) is 0 Å². The summed E-state index contributed by atoms with van der Waals surface area (Å²) in [6.45, 7) is 0.764. The van der Waals surface area contributed by atoms with E-state index in [1.165, 1.54) is 30.3 Å². The van der Waals surface area contributed by atoms with Crippen LogP contribution in [0, 0.1) is 5.82 Å². The first-order chi connectivity index (χ1) is 16.1. The molecule has 1 unspecified atom stereocenters. The lowest BCUT2D eigenvalue weighted by Crippen LogP contribution is -2.29. The second-order valence-electron chi connectivity index (χ2n) is 8.59. The highest BCUT2D eigenvalue weighted by molar-refractivity contribution is 6.30. The quantitative estimate of drug-likeness (QED) is 0.534. The number of nitrogens with zero attached hydrogens (tertiary/aromatic N) is 3. The second kappa shape index (κ2) is 8.39. The molecule has 1 atom stereocenters. The smallest absolute Gasteiger partial charge is 0.391 e. The molecule has 178 valence electrons. The van der Waals surface area contributed by atoms with Crippen LogP contribution in [0.4, 0.5) is 23.2 Å². The van der Waals surface area contributed by atoms with Gasteiger partial charge in [-0.25, -0.2) is 4.39 Å². The first-order valence-corrected chi connectivity index (χ1v) is 11.3. The van der Waals surface area contributed by atoms with Gasteiger partial charge in [0.05, 0.1) is 28.1 Å². The van der Waals surface area contributed by atoms with Crippen molar-refractivity contribution in [3.05, 3.63) is 74.3 Å². The molecular formula is C24H20ClF4N3O2. The van der Waals surface area contributed by atoms with E-state index in [0.717, 1.165) is 10.7 Å². The van der Waals surface area contributed by atoms with E-state index in [-0.39, 0.29) is 17.3 Å². The number of aliphatic hydroxyl groups is 1. The number of anilines is 1. The summed E-state index contributed by atoms with van der Waals surface area (Å²) in [5, 5.41) is 14.1. The maximum Gasteiger partial charge on any atom is 0.418 e. The van der Waals surface area contributed by atoms with Gasteiger partial charge in [0.1, 0.15) is 5.82 Å². The van der Waals surface area contributed by atoms with Gasteiger partial charge in [-0.3, -0.25) is 4.79 Å². The largest absolute Gasteiger partial charge is 0.418 e. The summed E-state index contributed by atoms with van der Waals surface area (Å²) in [6.07, 6.45) is -3.23. The summed E-state index contributed by atoms with van der Waals surface area (Å²) in [5.41, 5.74) is 0.0333. The van der Waals surface area contributed by atoms with Crippen LogP contribution in [0.1, 0.15) is 29.5 Å². The minimum atomic E-state index is -4.73. The van der Waals surface area contributed by atoms with Gasteiger partial charge >= 0.3 is 6.18 Å². The van der Waals surface area contributed by atoms with Gasteiger partial charge < -0.3 is 10.0 Å². The van der Waals surface area contributed by atoms with Crippen LogP contribution >= 0.6 is 11.6 Å². The number of aliphatic hydroxyl groups excluding tert-OH is 1. The van der Waals surface area contributed by atoms with Crippen molar-refractivity contribution in [2.24, 2.45) is 0 Å². The van der Waals surface area contributed by atoms with Gasteiger partial charge in [-0.15, -0.1) is 0 Å². The molecular weight excluding hydrogens is 474 g/mol. The van der Waals surface area contributed by atoms with E-state index in [1.54, 1.807) is 4.90 Å². The molecule has 1 aliphatic carbocycles. The molecule has 2 aromatic carbocycles. The Labute approximate surface area is 197 Å². The summed E-state index contributed by atoms with van der Waals surface area (Å²) >= 11 is 5.80. The minimum Gasteiger partial charge on any atom is -0.391 e. The van der Waals surface area contributed by atoms with Crippen molar-refractivity contribution >= 4 is 17.3 Å². The molecule has 1 fully saturated rings. The Hall–Kier alpha value is -2.91. The topological polar surface area (TPSA) is 58.4 Å². The Balaban J connectivity index is 1.75. The average Bonchev–Trinajstić information content (AvgIpc) is 3.45. The van der Waals surface area contributed by atoms with E-state index in [4.69, 9.17) is 11.6 Å². The molecule has 0 amide bonds. The molecule has 3 aromatic rings. The van der Waals surface area contributed by atoms with Crippen molar-refractivity contribution in [2.45, 2.75) is 38.0 Å². The summed E-state index contributed by atoms with van der Waals surface area (Å²) in [6, 6.07) is 7.60. The molecule has 5 rings (SSSR count). The first-order valence-electron chi connectivity index (χ1n) is 10.9. The fourth-order valence-electron chi connectivity index (χ4n) is 4.72. The van der Waals surface area contributed by atoms with E-state index < -0.39 is 34.9 Å². The standard InChI is InChI=1S/C24H20ClF4N3O2/c25-19-7-4-13(10-20(19)26)22-16-2-1-3-17(16)23(34)32(30-22)21-11-14(31-9-8-15(33)12-31)5-6-18(21)24(27,28)29/h4-7,10-11,15,33H,1-3,8-9,12H2. The zero-order valence-corrected chi connectivity index (χ0v) is 18.6.